The van der Waals surface area contributed by atoms with Crippen molar-refractivity contribution < 1.29 is 24.2 Å². The molecular weight excluding hydrogens is 432 g/mol. The zero-order chi connectivity index (χ0) is 24.9. The van der Waals surface area contributed by atoms with Gasteiger partial charge in [-0.25, -0.2) is 9.59 Å². The first kappa shape index (κ1) is 25.0. The van der Waals surface area contributed by atoms with Gasteiger partial charge in [0.15, 0.2) is 0 Å². The van der Waals surface area contributed by atoms with Crippen LogP contribution in [0.5, 0.6) is 0 Å². The van der Waals surface area contributed by atoms with Gasteiger partial charge < -0.3 is 20.5 Å². The van der Waals surface area contributed by atoms with Gasteiger partial charge in [-0.1, -0.05) is 60.2 Å². The van der Waals surface area contributed by atoms with Crippen molar-refractivity contribution >= 4 is 18.0 Å². The number of hydrogen-bond acceptors (Lipinski definition) is 4. The van der Waals surface area contributed by atoms with Crippen molar-refractivity contribution in [3.63, 3.8) is 0 Å². The Balaban J connectivity index is 1.57. The zero-order valence-corrected chi connectivity index (χ0v) is 20.1. The molecule has 0 aliphatic heterocycles. The van der Waals surface area contributed by atoms with Gasteiger partial charge in [0.1, 0.15) is 12.6 Å². The molecule has 0 fully saturated rings. The molecule has 2 aromatic carbocycles. The molecule has 34 heavy (non-hydrogen) atoms. The molecule has 3 rings (SSSR count). The number of aliphatic carboxylic acids is 1. The number of carbonyl (C=O) groups is 3. The van der Waals surface area contributed by atoms with Gasteiger partial charge in [0.25, 0.3) is 0 Å². The molecule has 1 aliphatic rings. The van der Waals surface area contributed by atoms with E-state index < -0.39 is 29.6 Å². The van der Waals surface area contributed by atoms with Crippen LogP contribution >= 0.6 is 0 Å². The predicted molar refractivity (Wildman–Crippen MR) is 131 cm³/mol. The second kappa shape index (κ2) is 10.5. The Morgan fingerprint density at radius 2 is 1.59 bits per heavy atom. The number of carboxylic acids is 1. The highest BCUT2D eigenvalue weighted by atomic mass is 16.5. The number of benzene rings is 2. The van der Waals surface area contributed by atoms with E-state index in [1.54, 1.807) is 19.9 Å². The number of carboxylic acid groups (broad SMARTS) is 1. The second-order valence-electron chi connectivity index (χ2n) is 9.49. The highest BCUT2D eigenvalue weighted by Crippen LogP contribution is 2.44. The highest BCUT2D eigenvalue weighted by molar-refractivity contribution is 5.84. The third-order valence-corrected chi connectivity index (χ3v) is 5.78. The Morgan fingerprint density at radius 3 is 2.12 bits per heavy atom. The second-order valence-corrected chi connectivity index (χ2v) is 9.49. The highest BCUT2D eigenvalue weighted by Gasteiger charge is 2.31. The molecule has 0 bridgehead atoms. The fraction of sp³-hybridized carbons (Fsp3) is 0.370. The molecule has 1 aliphatic carbocycles. The maximum atomic E-state index is 12.6. The van der Waals surface area contributed by atoms with Crippen molar-refractivity contribution in [3.05, 3.63) is 71.3 Å². The summed E-state index contributed by atoms with van der Waals surface area (Å²) in [6.45, 7) is 7.29. The van der Waals surface area contributed by atoms with E-state index >= 15 is 0 Å². The minimum Gasteiger partial charge on any atom is -0.480 e. The summed E-state index contributed by atoms with van der Waals surface area (Å²) in [5.41, 5.74) is 4.57. The molecular formula is C27H32N2O5. The SMILES string of the molecule is CC(C)=CCC(NC(=O)CC(C)(C)NC(=O)OCC1c2ccccc2-c2ccccc21)C(=O)O. The number of hydrogen-bond donors (Lipinski definition) is 3. The van der Waals surface area contributed by atoms with Crippen LogP contribution in [0.3, 0.4) is 0 Å². The van der Waals surface area contributed by atoms with Gasteiger partial charge in [-0.3, -0.25) is 4.79 Å². The molecule has 3 N–H and O–H groups in total. The molecule has 2 aromatic rings. The van der Waals surface area contributed by atoms with Crippen molar-refractivity contribution in [2.75, 3.05) is 6.61 Å². The summed E-state index contributed by atoms with van der Waals surface area (Å²) in [4.78, 5) is 36.5. The van der Waals surface area contributed by atoms with E-state index in [1.807, 2.05) is 50.2 Å². The first-order chi connectivity index (χ1) is 16.1. The zero-order valence-electron chi connectivity index (χ0n) is 20.1. The Hall–Kier alpha value is -3.61. The lowest BCUT2D eigenvalue weighted by molar-refractivity contribution is -0.141. The van der Waals surface area contributed by atoms with Gasteiger partial charge in [-0.2, -0.15) is 0 Å². The Labute approximate surface area is 200 Å². The van der Waals surface area contributed by atoms with Gasteiger partial charge in [0.2, 0.25) is 5.91 Å². The van der Waals surface area contributed by atoms with Crippen LogP contribution in [0.4, 0.5) is 4.79 Å². The number of amides is 2. The predicted octanol–water partition coefficient (Wildman–Crippen LogP) is 4.62. The number of alkyl carbamates (subject to hydrolysis) is 1. The molecule has 0 radical (unpaired) electrons. The van der Waals surface area contributed by atoms with Gasteiger partial charge in [-0.05, 0) is 56.4 Å². The Kier molecular flexibility index (Phi) is 7.76. The summed E-state index contributed by atoms with van der Waals surface area (Å²) in [7, 11) is 0. The number of ether oxygens (including phenoxy) is 1. The van der Waals surface area contributed by atoms with Crippen molar-refractivity contribution in [3.8, 4) is 11.1 Å². The van der Waals surface area contributed by atoms with Gasteiger partial charge in [0.05, 0.1) is 0 Å². The fourth-order valence-corrected chi connectivity index (χ4v) is 4.18. The summed E-state index contributed by atoms with van der Waals surface area (Å²) in [6.07, 6.45) is 1.25. The maximum absolute atomic E-state index is 12.6. The van der Waals surface area contributed by atoms with E-state index in [9.17, 15) is 19.5 Å². The molecule has 0 saturated carbocycles. The summed E-state index contributed by atoms with van der Waals surface area (Å²) in [6, 6.07) is 15.1. The minimum absolute atomic E-state index is 0.0593. The molecule has 0 spiro atoms. The molecule has 0 aromatic heterocycles. The normalized spacial score (nSPS) is 13.3. The van der Waals surface area contributed by atoms with Crippen LogP contribution in [-0.4, -0.2) is 41.3 Å². The average Bonchev–Trinajstić information content (AvgIpc) is 3.08. The van der Waals surface area contributed by atoms with Gasteiger partial charge in [0, 0.05) is 17.9 Å². The summed E-state index contributed by atoms with van der Waals surface area (Å²) in [5, 5.41) is 14.6. The van der Waals surface area contributed by atoms with Crippen LogP contribution < -0.4 is 10.6 Å². The molecule has 1 unspecified atom stereocenters. The summed E-state index contributed by atoms with van der Waals surface area (Å²) in [5.74, 6) is -1.62. The Morgan fingerprint density at radius 1 is 1.03 bits per heavy atom. The van der Waals surface area contributed by atoms with Crippen molar-refractivity contribution in [2.45, 2.75) is 58.0 Å². The van der Waals surface area contributed by atoms with Gasteiger partial charge in [-0.15, -0.1) is 0 Å². The third kappa shape index (κ3) is 6.25. The Bertz CT molecular complexity index is 1060. The van der Waals surface area contributed by atoms with Crippen molar-refractivity contribution in [1.29, 1.82) is 0 Å². The molecule has 7 nitrogen and oxygen atoms in total. The minimum atomic E-state index is -1.10. The topological polar surface area (TPSA) is 105 Å². The van der Waals surface area contributed by atoms with E-state index in [0.29, 0.717) is 0 Å². The number of fused-ring (bicyclic) bond motifs is 3. The van der Waals surface area contributed by atoms with E-state index in [4.69, 9.17) is 4.74 Å². The van der Waals surface area contributed by atoms with Crippen LogP contribution in [-0.2, 0) is 14.3 Å². The first-order valence-electron chi connectivity index (χ1n) is 11.4. The standard InChI is InChI=1S/C27H32N2O5/c1-17(2)13-14-23(25(31)32)28-24(30)15-27(3,4)29-26(33)34-16-22-20-11-7-5-9-18(20)19-10-6-8-12-21(19)22/h5-13,22-23H,14-16H2,1-4H3,(H,28,30)(H,29,33)(H,31,32). The van der Waals surface area contributed by atoms with Crippen LogP contribution in [0.25, 0.3) is 11.1 Å². The number of rotatable bonds is 9. The molecule has 2 amide bonds. The van der Waals surface area contributed by atoms with Crippen LogP contribution in [0.1, 0.15) is 57.6 Å². The van der Waals surface area contributed by atoms with E-state index in [2.05, 4.69) is 22.8 Å². The quantitative estimate of drug-likeness (QED) is 0.470. The summed E-state index contributed by atoms with van der Waals surface area (Å²) >= 11 is 0. The molecule has 180 valence electrons. The van der Waals surface area contributed by atoms with Crippen molar-refractivity contribution in [1.82, 2.24) is 10.6 Å². The van der Waals surface area contributed by atoms with E-state index in [0.717, 1.165) is 27.8 Å². The lowest BCUT2D eigenvalue weighted by Crippen LogP contribution is -2.49. The monoisotopic (exact) mass is 464 g/mol. The average molecular weight is 465 g/mol. The molecule has 0 saturated heterocycles. The van der Waals surface area contributed by atoms with Crippen LogP contribution in [0.15, 0.2) is 60.2 Å². The maximum Gasteiger partial charge on any atom is 0.407 e. The molecule has 1 atom stereocenters. The molecule has 0 heterocycles. The smallest absolute Gasteiger partial charge is 0.407 e. The third-order valence-electron chi connectivity index (χ3n) is 5.78. The molecule has 7 heteroatoms. The first-order valence-corrected chi connectivity index (χ1v) is 11.4. The van der Waals surface area contributed by atoms with E-state index in [-0.39, 0.29) is 25.4 Å². The van der Waals surface area contributed by atoms with Crippen LogP contribution in [0.2, 0.25) is 0 Å². The fourth-order valence-electron chi connectivity index (χ4n) is 4.18. The number of nitrogens with one attached hydrogen (secondary N) is 2. The lowest BCUT2D eigenvalue weighted by Gasteiger charge is -2.26. The largest absolute Gasteiger partial charge is 0.480 e. The summed E-state index contributed by atoms with van der Waals surface area (Å²) < 4.78 is 5.56. The van der Waals surface area contributed by atoms with Crippen LogP contribution in [0, 0.1) is 0 Å². The van der Waals surface area contributed by atoms with E-state index in [1.165, 1.54) is 0 Å². The number of carbonyl (C=O) groups excluding carboxylic acids is 2. The lowest BCUT2D eigenvalue weighted by atomic mass is 9.98. The number of allylic oxidation sites excluding steroid dienone is 1. The van der Waals surface area contributed by atoms with Crippen molar-refractivity contribution in [2.24, 2.45) is 0 Å². The van der Waals surface area contributed by atoms with Gasteiger partial charge >= 0.3 is 12.1 Å².